The Bertz CT molecular complexity index is 1020. The first-order chi connectivity index (χ1) is 15.7. The van der Waals surface area contributed by atoms with Crippen molar-refractivity contribution in [2.24, 2.45) is 11.8 Å². The number of rotatable bonds is 6. The van der Waals surface area contributed by atoms with E-state index >= 15 is 0 Å². The Morgan fingerprint density at radius 3 is 2.67 bits per heavy atom. The molecule has 2 aliphatic carbocycles. The number of benzene rings is 1. The second-order valence-corrected chi connectivity index (χ2v) is 11.7. The molecule has 3 atom stereocenters. The van der Waals surface area contributed by atoms with Gasteiger partial charge in [-0.15, -0.1) is 0 Å². The number of hydrogen-bond donors (Lipinski definition) is 1. The fourth-order valence-corrected chi connectivity index (χ4v) is 6.73. The van der Waals surface area contributed by atoms with Gasteiger partial charge in [0, 0.05) is 31.5 Å². The Morgan fingerprint density at radius 1 is 1.30 bits per heavy atom. The molecular weight excluding hydrogens is 440 g/mol. The van der Waals surface area contributed by atoms with Crippen molar-refractivity contribution in [1.29, 1.82) is 0 Å². The lowest BCUT2D eigenvalue weighted by Gasteiger charge is -2.38. The largest absolute Gasteiger partial charge is 0.487 e. The second kappa shape index (κ2) is 9.76. The summed E-state index contributed by atoms with van der Waals surface area (Å²) in [6, 6.07) is 4.76. The van der Waals surface area contributed by atoms with Crippen molar-refractivity contribution in [3.05, 3.63) is 29.8 Å². The van der Waals surface area contributed by atoms with E-state index in [4.69, 9.17) is 4.74 Å². The number of fused-ring (bicyclic) bond motifs is 1. The minimum atomic E-state index is -3.86. The van der Waals surface area contributed by atoms with Gasteiger partial charge < -0.3 is 14.7 Å². The Hall–Kier alpha value is -1.90. The maximum atomic E-state index is 13.6. The van der Waals surface area contributed by atoms with Crippen LogP contribution >= 0.6 is 0 Å². The van der Waals surface area contributed by atoms with E-state index in [1.807, 2.05) is 19.1 Å². The van der Waals surface area contributed by atoms with Gasteiger partial charge in [-0.1, -0.05) is 25.5 Å². The smallest absolute Gasteiger partial charge is 0.247 e. The van der Waals surface area contributed by atoms with Gasteiger partial charge in [-0.3, -0.25) is 4.79 Å². The van der Waals surface area contributed by atoms with E-state index in [2.05, 4.69) is 6.08 Å². The molecule has 7 nitrogen and oxygen atoms in total. The first-order valence-electron chi connectivity index (χ1n) is 12.1. The molecule has 0 radical (unpaired) electrons. The van der Waals surface area contributed by atoms with Crippen molar-refractivity contribution in [3.63, 3.8) is 0 Å². The van der Waals surface area contributed by atoms with Gasteiger partial charge in [0.2, 0.25) is 15.9 Å². The molecule has 1 amide bonds. The van der Waals surface area contributed by atoms with Crippen LogP contribution < -0.4 is 4.74 Å². The normalized spacial score (nSPS) is 26.2. The van der Waals surface area contributed by atoms with Crippen LogP contribution in [-0.2, 0) is 14.8 Å². The van der Waals surface area contributed by atoms with Crippen molar-refractivity contribution in [3.8, 4) is 5.75 Å². The van der Waals surface area contributed by atoms with Gasteiger partial charge in [-0.25, -0.2) is 8.42 Å². The minimum Gasteiger partial charge on any atom is -0.487 e. The third-order valence-corrected chi connectivity index (χ3v) is 9.38. The number of hydrogen-bond acceptors (Lipinski definition) is 5. The molecular formula is C25H36N2O5S. The van der Waals surface area contributed by atoms with E-state index in [1.54, 1.807) is 24.9 Å². The summed E-state index contributed by atoms with van der Waals surface area (Å²) in [5.41, 5.74) is 2.19. The monoisotopic (exact) mass is 476 g/mol. The van der Waals surface area contributed by atoms with E-state index in [1.165, 1.54) is 9.88 Å². The molecule has 3 aliphatic rings. The summed E-state index contributed by atoms with van der Waals surface area (Å²) >= 11 is 0. The van der Waals surface area contributed by atoms with Crippen LogP contribution in [-0.4, -0.2) is 67.5 Å². The Balaban J connectivity index is 1.71. The molecule has 1 fully saturated rings. The number of aliphatic hydroxyl groups excluding tert-OH is 1. The molecule has 0 spiro atoms. The van der Waals surface area contributed by atoms with Crippen molar-refractivity contribution < 1.29 is 23.1 Å². The number of ether oxygens (including phenoxy) is 1. The number of carbonyl (C=O) groups excluding carboxylic acids is 1. The number of likely N-dealkylation sites (N-methyl/N-ethyl adjacent to an activating group) is 1. The Kier molecular flexibility index (Phi) is 7.17. The number of nitrogens with zero attached hydrogens (tertiary/aromatic N) is 2. The van der Waals surface area contributed by atoms with Crippen LogP contribution in [0, 0.1) is 11.8 Å². The van der Waals surface area contributed by atoms with Crippen molar-refractivity contribution in [2.45, 2.75) is 69.4 Å². The zero-order chi connectivity index (χ0) is 23.8. The molecule has 1 saturated carbocycles. The van der Waals surface area contributed by atoms with Gasteiger partial charge in [-0.2, -0.15) is 4.31 Å². The standard InChI is InChI=1S/C25H36N2O5S/c1-17-14-27(18(2)16-28)33(30,31)24-12-11-21(19-7-4-5-8-19)13-22(24)32-23(17)15-26(3)25(29)20-9-6-10-20/h7,11-13,17-18,20,23,28H,4-6,8-10,14-16H2,1-3H3/t17-,18+,23-/m0/s1. The van der Waals surface area contributed by atoms with E-state index in [0.717, 1.165) is 44.1 Å². The fourth-order valence-electron chi connectivity index (χ4n) is 4.90. The highest BCUT2D eigenvalue weighted by Crippen LogP contribution is 2.37. The Labute approximate surface area is 197 Å². The predicted octanol–water partition coefficient (Wildman–Crippen LogP) is 3.28. The highest BCUT2D eigenvalue weighted by molar-refractivity contribution is 7.89. The highest BCUT2D eigenvalue weighted by atomic mass is 32.2. The summed E-state index contributed by atoms with van der Waals surface area (Å²) in [6.07, 6.45) is 7.90. The Morgan fingerprint density at radius 2 is 2.06 bits per heavy atom. The van der Waals surface area contributed by atoms with Gasteiger partial charge in [0.1, 0.15) is 16.7 Å². The molecule has 0 saturated heterocycles. The molecule has 1 aromatic rings. The molecule has 4 rings (SSSR count). The third-order valence-electron chi connectivity index (χ3n) is 7.36. The summed E-state index contributed by atoms with van der Waals surface area (Å²) < 4.78 is 35.0. The van der Waals surface area contributed by atoms with Gasteiger partial charge in [0.25, 0.3) is 0 Å². The van der Waals surface area contributed by atoms with Crippen LogP contribution in [0.2, 0.25) is 0 Å². The number of carbonyl (C=O) groups is 1. The lowest BCUT2D eigenvalue weighted by atomic mass is 9.84. The van der Waals surface area contributed by atoms with Gasteiger partial charge in [0.15, 0.2) is 0 Å². The van der Waals surface area contributed by atoms with Crippen molar-refractivity contribution in [1.82, 2.24) is 9.21 Å². The summed E-state index contributed by atoms with van der Waals surface area (Å²) in [6.45, 7) is 4.01. The van der Waals surface area contributed by atoms with E-state index in [9.17, 15) is 18.3 Å². The summed E-state index contributed by atoms with van der Waals surface area (Å²) in [7, 11) is -2.05. The summed E-state index contributed by atoms with van der Waals surface area (Å²) in [5, 5.41) is 9.78. The van der Waals surface area contributed by atoms with Gasteiger partial charge in [0.05, 0.1) is 13.2 Å². The second-order valence-electron chi connectivity index (χ2n) is 9.87. The molecule has 33 heavy (non-hydrogen) atoms. The third kappa shape index (κ3) is 4.84. The van der Waals surface area contributed by atoms with Gasteiger partial charge >= 0.3 is 0 Å². The minimum absolute atomic E-state index is 0.0957. The van der Waals surface area contributed by atoms with Crippen molar-refractivity contribution >= 4 is 21.5 Å². The molecule has 1 N–H and O–H groups in total. The van der Waals surface area contributed by atoms with E-state index < -0.39 is 16.1 Å². The molecule has 0 bridgehead atoms. The maximum Gasteiger partial charge on any atom is 0.247 e. The molecule has 8 heteroatoms. The van der Waals surface area contributed by atoms with Crippen LogP contribution in [0.25, 0.3) is 5.57 Å². The van der Waals surface area contributed by atoms with Crippen LogP contribution in [0.1, 0.15) is 57.9 Å². The molecule has 182 valence electrons. The van der Waals surface area contributed by atoms with Gasteiger partial charge in [-0.05, 0) is 62.3 Å². The number of sulfonamides is 1. The summed E-state index contributed by atoms with van der Waals surface area (Å²) in [4.78, 5) is 14.6. The quantitative estimate of drug-likeness (QED) is 0.681. The highest BCUT2D eigenvalue weighted by Gasteiger charge is 2.39. The van der Waals surface area contributed by atoms with Crippen LogP contribution in [0.4, 0.5) is 0 Å². The molecule has 0 unspecified atom stereocenters. The zero-order valence-corrected chi connectivity index (χ0v) is 20.7. The average Bonchev–Trinajstić information content (AvgIpc) is 3.29. The number of aliphatic hydroxyl groups is 1. The predicted molar refractivity (Wildman–Crippen MR) is 127 cm³/mol. The fraction of sp³-hybridized carbons (Fsp3) is 0.640. The van der Waals surface area contributed by atoms with Crippen molar-refractivity contribution in [2.75, 3.05) is 26.7 Å². The van der Waals surface area contributed by atoms with Crippen LogP contribution in [0.15, 0.2) is 29.2 Å². The maximum absolute atomic E-state index is 13.6. The lowest BCUT2D eigenvalue weighted by molar-refractivity contribution is -0.138. The first-order valence-corrected chi connectivity index (χ1v) is 13.5. The SMILES string of the molecule is C[C@H](CO)N1C[C@H](C)[C@H](CN(C)C(=O)C2CCC2)Oc2cc(C3=CCCC3)ccc2S1(=O)=O. The molecule has 1 aromatic carbocycles. The molecule has 1 heterocycles. The van der Waals surface area contributed by atoms with E-state index in [0.29, 0.717) is 12.3 Å². The lowest BCUT2D eigenvalue weighted by Crippen LogP contribution is -2.50. The zero-order valence-electron chi connectivity index (χ0n) is 19.9. The average molecular weight is 477 g/mol. The van der Waals surface area contributed by atoms with Crippen LogP contribution in [0.5, 0.6) is 5.75 Å². The number of amides is 1. The first kappa shape index (κ1) is 24.2. The topological polar surface area (TPSA) is 87.2 Å². The van der Waals surface area contributed by atoms with Crippen LogP contribution in [0.3, 0.4) is 0 Å². The number of allylic oxidation sites excluding steroid dienone is 2. The molecule has 0 aromatic heterocycles. The molecule has 1 aliphatic heterocycles. The summed E-state index contributed by atoms with van der Waals surface area (Å²) in [5.74, 6) is 0.389. The van der Waals surface area contributed by atoms with E-state index in [-0.39, 0.29) is 41.9 Å².